The minimum absolute atomic E-state index is 0.447. The van der Waals surface area contributed by atoms with Crippen molar-refractivity contribution in [3.8, 4) is 0 Å². The number of quaternary nitrogens is 1. The number of carbonyl (C=O) groups excluding carboxylic acids is 1. The summed E-state index contributed by atoms with van der Waals surface area (Å²) in [5, 5.41) is 30.1. The summed E-state index contributed by atoms with van der Waals surface area (Å²) in [5.41, 5.74) is 3.24. The molecule has 1 fully saturated rings. The summed E-state index contributed by atoms with van der Waals surface area (Å²) in [7, 11) is 0. The number of nitrogens with one attached hydrogen (secondary N) is 1. The second-order valence-electron chi connectivity index (χ2n) is 6.70. The van der Waals surface area contributed by atoms with Crippen LogP contribution in [-0.4, -0.2) is 49.0 Å². The van der Waals surface area contributed by atoms with E-state index in [0.717, 1.165) is 23.4 Å². The molecule has 1 saturated heterocycles. The summed E-state index contributed by atoms with van der Waals surface area (Å²) >= 11 is 3.38. The zero-order valence-electron chi connectivity index (χ0n) is 16.6. The van der Waals surface area contributed by atoms with E-state index in [9.17, 15) is 14.7 Å². The fourth-order valence-corrected chi connectivity index (χ4v) is 4.27. The molecule has 7 nitrogen and oxygen atoms in total. The molecule has 1 aliphatic heterocycles. The Morgan fingerprint density at radius 1 is 1.07 bits per heavy atom. The lowest BCUT2D eigenvalue weighted by Gasteiger charge is -2.15. The van der Waals surface area contributed by atoms with E-state index in [1.807, 2.05) is 0 Å². The molecule has 0 atom stereocenters. The molecule has 0 bridgehead atoms. The molecule has 30 heavy (non-hydrogen) atoms. The summed E-state index contributed by atoms with van der Waals surface area (Å²) in [6, 6.07) is 4.20. The van der Waals surface area contributed by atoms with Gasteiger partial charge in [-0.25, -0.2) is 4.79 Å². The third-order valence-electron chi connectivity index (χ3n) is 4.46. The fourth-order valence-electron chi connectivity index (χ4n) is 2.99. The second-order valence-corrected chi connectivity index (χ2v) is 8.26. The van der Waals surface area contributed by atoms with E-state index in [2.05, 4.69) is 38.8 Å². The molecular formula is C21H26N2O5S2. The third-order valence-corrected chi connectivity index (χ3v) is 5.83. The normalized spacial score (nSPS) is 14.4. The van der Waals surface area contributed by atoms with Gasteiger partial charge in [0.2, 0.25) is 0 Å². The molecule has 2 N–H and O–H groups in total. The molecule has 0 aromatic carbocycles. The Labute approximate surface area is 183 Å². The summed E-state index contributed by atoms with van der Waals surface area (Å²) in [4.78, 5) is 26.3. The minimum atomic E-state index is -1.51. The number of thiophene rings is 2. The van der Waals surface area contributed by atoms with E-state index in [1.54, 1.807) is 27.6 Å². The number of aliphatic carboxylic acids is 2. The van der Waals surface area contributed by atoms with Crippen LogP contribution >= 0.6 is 22.7 Å². The number of nitrogens with zero attached hydrogens (tertiary/aromatic N) is 1. The molecule has 9 heteroatoms. The second kappa shape index (κ2) is 13.7. The number of rotatable bonds is 8. The molecule has 1 aliphatic rings. The number of carboxylic acids is 2. The monoisotopic (exact) mass is 450 g/mol. The van der Waals surface area contributed by atoms with Gasteiger partial charge >= 0.3 is 5.97 Å². The van der Waals surface area contributed by atoms with Crippen LogP contribution in [-0.2, 0) is 14.4 Å². The van der Waals surface area contributed by atoms with Crippen molar-refractivity contribution < 1.29 is 29.5 Å². The average molecular weight is 451 g/mol. The number of oxime groups is 1. The van der Waals surface area contributed by atoms with Crippen molar-refractivity contribution in [2.75, 3.05) is 26.2 Å². The topological polar surface area (TPSA) is 103 Å². The SMILES string of the molecule is O=C([O-])/C=C/C(=O)O.c1cc(C(=NOCC[NH+]2CCCCCC2)c2ccsc2)cs1. The van der Waals surface area contributed by atoms with Crippen molar-refractivity contribution in [1.29, 1.82) is 0 Å². The molecular weight excluding hydrogens is 424 g/mol. The average Bonchev–Trinajstić information content (AvgIpc) is 3.38. The van der Waals surface area contributed by atoms with Crippen LogP contribution in [0, 0.1) is 0 Å². The predicted octanol–water partition coefficient (Wildman–Crippen LogP) is 1.41. The fraction of sp³-hybridized carbons (Fsp3) is 0.381. The van der Waals surface area contributed by atoms with Gasteiger partial charge in [0.05, 0.1) is 19.1 Å². The number of hydrogen-bond donors (Lipinski definition) is 2. The van der Waals surface area contributed by atoms with Gasteiger partial charge in [0.25, 0.3) is 0 Å². The van der Waals surface area contributed by atoms with E-state index >= 15 is 0 Å². The van der Waals surface area contributed by atoms with Gasteiger partial charge in [-0.1, -0.05) is 5.16 Å². The number of likely N-dealkylation sites (tertiary alicyclic amines) is 1. The zero-order valence-corrected chi connectivity index (χ0v) is 18.3. The summed E-state index contributed by atoms with van der Waals surface area (Å²) in [5.74, 6) is -2.80. The quantitative estimate of drug-likeness (QED) is 0.274. The van der Waals surface area contributed by atoms with Gasteiger partial charge in [-0.15, -0.1) is 0 Å². The molecule has 2 aromatic heterocycles. The maximum atomic E-state index is 9.53. The standard InChI is InChI=1S/C17H22N2OS2.C4H4O4/c1-2-4-8-19(7-3-1)9-10-20-18-17(15-5-11-21-13-15)16-6-12-22-14-16;5-3(6)1-2-4(7)8/h5-6,11-14H,1-4,7-10H2;1-2H,(H,5,6)(H,7,8)/b;2-1+. The van der Waals surface area contributed by atoms with Crippen LogP contribution in [0.1, 0.15) is 36.8 Å². The van der Waals surface area contributed by atoms with Gasteiger partial charge in [-0.3, -0.25) is 0 Å². The lowest BCUT2D eigenvalue weighted by atomic mass is 10.1. The van der Waals surface area contributed by atoms with Gasteiger partial charge in [-0.05, 0) is 54.7 Å². The smallest absolute Gasteiger partial charge is 0.328 e. The van der Waals surface area contributed by atoms with Crippen molar-refractivity contribution in [2.24, 2.45) is 5.16 Å². The Hall–Kier alpha value is -2.49. The molecule has 3 heterocycles. The molecule has 3 rings (SSSR count). The molecule has 0 saturated carbocycles. The maximum Gasteiger partial charge on any atom is 0.328 e. The van der Waals surface area contributed by atoms with E-state index in [0.29, 0.717) is 18.8 Å². The highest BCUT2D eigenvalue weighted by Crippen LogP contribution is 2.16. The Bertz CT molecular complexity index is 756. The molecule has 0 radical (unpaired) electrons. The van der Waals surface area contributed by atoms with Gasteiger partial charge in [-0.2, -0.15) is 22.7 Å². The van der Waals surface area contributed by atoms with E-state index in [-0.39, 0.29) is 0 Å². The summed E-state index contributed by atoms with van der Waals surface area (Å²) in [6.07, 6.45) is 6.44. The Balaban J connectivity index is 0.000000343. The molecule has 0 aliphatic carbocycles. The van der Waals surface area contributed by atoms with Crippen LogP contribution in [0.3, 0.4) is 0 Å². The van der Waals surface area contributed by atoms with E-state index < -0.39 is 11.9 Å². The van der Waals surface area contributed by atoms with Crippen molar-refractivity contribution >= 4 is 40.3 Å². The van der Waals surface area contributed by atoms with Crippen LogP contribution in [0.25, 0.3) is 0 Å². The van der Waals surface area contributed by atoms with Gasteiger partial charge in [0, 0.05) is 28.0 Å². The highest BCUT2D eigenvalue weighted by atomic mass is 32.1. The first-order valence-electron chi connectivity index (χ1n) is 9.77. The van der Waals surface area contributed by atoms with Crippen LogP contribution in [0.2, 0.25) is 0 Å². The van der Waals surface area contributed by atoms with Crippen molar-refractivity contribution in [3.05, 3.63) is 56.9 Å². The largest absolute Gasteiger partial charge is 0.545 e. The Kier molecular flexibility index (Phi) is 10.8. The van der Waals surface area contributed by atoms with E-state index in [4.69, 9.17) is 9.94 Å². The molecule has 0 amide bonds. The zero-order chi connectivity index (χ0) is 21.6. The molecule has 0 unspecified atom stereocenters. The number of carbonyl (C=O) groups is 2. The molecule has 0 spiro atoms. The highest BCUT2D eigenvalue weighted by Gasteiger charge is 2.12. The Morgan fingerprint density at radius 2 is 1.67 bits per heavy atom. The van der Waals surface area contributed by atoms with Crippen LogP contribution in [0.4, 0.5) is 0 Å². The maximum absolute atomic E-state index is 9.53. The summed E-state index contributed by atoms with van der Waals surface area (Å²) in [6.45, 7) is 4.33. The first-order chi connectivity index (χ1) is 14.6. The first-order valence-corrected chi connectivity index (χ1v) is 11.7. The van der Waals surface area contributed by atoms with Gasteiger partial charge in [0.1, 0.15) is 12.3 Å². The van der Waals surface area contributed by atoms with Crippen LogP contribution < -0.4 is 10.0 Å². The van der Waals surface area contributed by atoms with Crippen molar-refractivity contribution in [3.63, 3.8) is 0 Å². The lowest BCUT2D eigenvalue weighted by Crippen LogP contribution is -3.12. The third kappa shape index (κ3) is 9.34. The first kappa shape index (κ1) is 23.8. The summed E-state index contributed by atoms with van der Waals surface area (Å²) < 4.78 is 0. The molecule has 162 valence electrons. The van der Waals surface area contributed by atoms with Gasteiger partial charge in [0.15, 0.2) is 6.61 Å². The number of hydrogen-bond acceptors (Lipinski definition) is 7. The lowest BCUT2D eigenvalue weighted by molar-refractivity contribution is -0.899. The van der Waals surface area contributed by atoms with Crippen LogP contribution in [0.15, 0.2) is 51.0 Å². The van der Waals surface area contributed by atoms with Crippen molar-refractivity contribution in [2.45, 2.75) is 25.7 Å². The van der Waals surface area contributed by atoms with E-state index in [1.165, 1.54) is 38.8 Å². The number of carboxylic acid groups (broad SMARTS) is 2. The minimum Gasteiger partial charge on any atom is -0.545 e. The molecule has 2 aromatic rings. The highest BCUT2D eigenvalue weighted by molar-refractivity contribution is 7.08. The van der Waals surface area contributed by atoms with Crippen LogP contribution in [0.5, 0.6) is 0 Å². The predicted molar refractivity (Wildman–Crippen MR) is 116 cm³/mol. The Morgan fingerprint density at radius 3 is 2.10 bits per heavy atom. The van der Waals surface area contributed by atoms with Crippen molar-refractivity contribution in [1.82, 2.24) is 0 Å². The van der Waals surface area contributed by atoms with Gasteiger partial charge < -0.3 is 24.7 Å².